The molecule has 0 amide bonds. The van der Waals surface area contributed by atoms with Crippen LogP contribution in [0, 0.1) is 5.92 Å². The molecule has 5 rings (SSSR count). The van der Waals surface area contributed by atoms with Crippen LogP contribution in [-0.2, 0) is 19.5 Å². The minimum atomic E-state index is -0.345. The molecule has 0 bridgehead atoms. The average molecular weight is 434 g/mol. The van der Waals surface area contributed by atoms with Crippen LogP contribution in [0.25, 0.3) is 11.0 Å². The zero-order valence-electron chi connectivity index (χ0n) is 17.9. The van der Waals surface area contributed by atoms with Crippen molar-refractivity contribution in [2.75, 3.05) is 19.6 Å². The zero-order valence-corrected chi connectivity index (χ0v) is 17.9. The SMILES string of the molecule is O=c1cc[nH]c(=O)n1CCN1CCC(Cc2nc3ccccc3n2Cc2ccco2)CC1. The molecule has 1 fully saturated rings. The number of hydrogen-bond acceptors (Lipinski definition) is 5. The summed E-state index contributed by atoms with van der Waals surface area (Å²) < 4.78 is 9.13. The van der Waals surface area contributed by atoms with Gasteiger partial charge in [0.2, 0.25) is 0 Å². The van der Waals surface area contributed by atoms with Crippen molar-refractivity contribution in [1.82, 2.24) is 24.0 Å². The number of benzene rings is 1. The minimum Gasteiger partial charge on any atom is -0.467 e. The van der Waals surface area contributed by atoms with Gasteiger partial charge in [0.1, 0.15) is 11.6 Å². The van der Waals surface area contributed by atoms with Gasteiger partial charge in [-0.25, -0.2) is 9.78 Å². The first kappa shape index (κ1) is 20.5. The molecular weight excluding hydrogens is 406 g/mol. The van der Waals surface area contributed by atoms with Crippen molar-refractivity contribution in [3.8, 4) is 0 Å². The fourth-order valence-corrected chi connectivity index (χ4v) is 4.59. The van der Waals surface area contributed by atoms with Crippen LogP contribution in [-0.4, -0.2) is 43.6 Å². The quantitative estimate of drug-likeness (QED) is 0.484. The summed E-state index contributed by atoms with van der Waals surface area (Å²) in [6, 6.07) is 13.6. The van der Waals surface area contributed by atoms with Gasteiger partial charge in [0.05, 0.1) is 23.8 Å². The van der Waals surface area contributed by atoms with Crippen LogP contribution < -0.4 is 11.2 Å². The Morgan fingerprint density at radius 2 is 1.84 bits per heavy atom. The van der Waals surface area contributed by atoms with E-state index in [9.17, 15) is 9.59 Å². The Balaban J connectivity index is 1.23. The first-order chi connectivity index (χ1) is 15.7. The number of piperidine rings is 1. The predicted molar refractivity (Wildman–Crippen MR) is 122 cm³/mol. The lowest BCUT2D eigenvalue weighted by molar-refractivity contribution is 0.175. The molecule has 8 nitrogen and oxygen atoms in total. The summed E-state index contributed by atoms with van der Waals surface area (Å²) in [4.78, 5) is 33.6. The molecule has 0 saturated carbocycles. The monoisotopic (exact) mass is 433 g/mol. The second kappa shape index (κ2) is 9.00. The largest absolute Gasteiger partial charge is 0.467 e. The van der Waals surface area contributed by atoms with E-state index in [1.165, 1.54) is 16.8 Å². The number of rotatable bonds is 7. The molecular formula is C24H27N5O3. The molecule has 1 saturated heterocycles. The molecule has 1 N–H and O–H groups in total. The Kier molecular flexibility index (Phi) is 5.77. The highest BCUT2D eigenvalue weighted by atomic mass is 16.3. The molecule has 166 valence electrons. The Labute approximate surface area is 185 Å². The summed E-state index contributed by atoms with van der Waals surface area (Å²) >= 11 is 0. The minimum absolute atomic E-state index is 0.251. The van der Waals surface area contributed by atoms with Gasteiger partial charge in [0, 0.05) is 31.8 Å². The van der Waals surface area contributed by atoms with Crippen LogP contribution in [0.1, 0.15) is 24.4 Å². The van der Waals surface area contributed by atoms with Gasteiger partial charge in [-0.3, -0.25) is 9.36 Å². The average Bonchev–Trinajstić information content (AvgIpc) is 3.43. The first-order valence-electron chi connectivity index (χ1n) is 11.1. The number of aromatic amines is 1. The molecule has 4 heterocycles. The van der Waals surface area contributed by atoms with E-state index in [1.807, 2.05) is 24.3 Å². The number of furan rings is 1. The highest BCUT2D eigenvalue weighted by Gasteiger charge is 2.22. The maximum atomic E-state index is 11.9. The maximum Gasteiger partial charge on any atom is 0.328 e. The Morgan fingerprint density at radius 1 is 1.00 bits per heavy atom. The predicted octanol–water partition coefficient (Wildman–Crippen LogP) is 2.48. The van der Waals surface area contributed by atoms with E-state index in [1.54, 1.807) is 6.26 Å². The summed E-state index contributed by atoms with van der Waals surface area (Å²) in [6.45, 7) is 3.72. The van der Waals surface area contributed by atoms with E-state index in [2.05, 4.69) is 26.6 Å². The van der Waals surface area contributed by atoms with E-state index in [0.29, 0.717) is 25.6 Å². The first-order valence-corrected chi connectivity index (χ1v) is 11.1. The summed E-state index contributed by atoms with van der Waals surface area (Å²) in [5.74, 6) is 2.58. The summed E-state index contributed by atoms with van der Waals surface area (Å²) in [7, 11) is 0. The lowest BCUT2D eigenvalue weighted by Gasteiger charge is -2.31. The second-order valence-corrected chi connectivity index (χ2v) is 8.44. The second-order valence-electron chi connectivity index (χ2n) is 8.44. The van der Waals surface area contributed by atoms with Crippen molar-refractivity contribution in [2.45, 2.75) is 32.4 Å². The molecule has 0 spiro atoms. The number of para-hydroxylation sites is 2. The highest BCUT2D eigenvalue weighted by Crippen LogP contribution is 2.25. The number of likely N-dealkylation sites (tertiary alicyclic amines) is 1. The van der Waals surface area contributed by atoms with Crippen LogP contribution >= 0.6 is 0 Å². The summed E-state index contributed by atoms with van der Waals surface area (Å²) in [6.07, 6.45) is 6.18. The molecule has 3 aromatic heterocycles. The van der Waals surface area contributed by atoms with Crippen molar-refractivity contribution in [3.63, 3.8) is 0 Å². The third-order valence-corrected chi connectivity index (χ3v) is 6.39. The van der Waals surface area contributed by atoms with E-state index in [-0.39, 0.29) is 11.2 Å². The van der Waals surface area contributed by atoms with Crippen LogP contribution in [0.4, 0.5) is 0 Å². The fourth-order valence-electron chi connectivity index (χ4n) is 4.59. The van der Waals surface area contributed by atoms with Crippen molar-refractivity contribution >= 4 is 11.0 Å². The van der Waals surface area contributed by atoms with Crippen LogP contribution in [0.5, 0.6) is 0 Å². The van der Waals surface area contributed by atoms with Crippen LogP contribution in [0.3, 0.4) is 0 Å². The van der Waals surface area contributed by atoms with Crippen molar-refractivity contribution in [3.05, 3.63) is 87.3 Å². The smallest absolute Gasteiger partial charge is 0.328 e. The Morgan fingerprint density at radius 3 is 2.62 bits per heavy atom. The van der Waals surface area contributed by atoms with Gasteiger partial charge in [0.15, 0.2) is 0 Å². The van der Waals surface area contributed by atoms with Crippen LogP contribution in [0.2, 0.25) is 0 Å². The van der Waals surface area contributed by atoms with E-state index >= 15 is 0 Å². The van der Waals surface area contributed by atoms with Gasteiger partial charge < -0.3 is 18.9 Å². The van der Waals surface area contributed by atoms with Crippen molar-refractivity contribution in [1.29, 1.82) is 0 Å². The number of hydrogen-bond donors (Lipinski definition) is 1. The van der Waals surface area contributed by atoms with Crippen LogP contribution in [0.15, 0.2) is 68.9 Å². The van der Waals surface area contributed by atoms with Gasteiger partial charge in [-0.2, -0.15) is 0 Å². The van der Waals surface area contributed by atoms with Gasteiger partial charge in [0.25, 0.3) is 5.56 Å². The van der Waals surface area contributed by atoms with E-state index in [4.69, 9.17) is 9.40 Å². The van der Waals surface area contributed by atoms with Gasteiger partial charge in [-0.05, 0) is 56.1 Å². The molecule has 4 aromatic rings. The fraction of sp³-hybridized carbons (Fsp3) is 0.375. The Bertz CT molecular complexity index is 1260. The molecule has 0 aliphatic carbocycles. The number of nitrogens with one attached hydrogen (secondary N) is 1. The lowest BCUT2D eigenvalue weighted by Crippen LogP contribution is -2.41. The summed E-state index contributed by atoms with van der Waals surface area (Å²) in [5, 5.41) is 0. The Hall–Kier alpha value is -3.39. The van der Waals surface area contributed by atoms with E-state index in [0.717, 1.165) is 55.0 Å². The zero-order chi connectivity index (χ0) is 21.9. The molecule has 0 atom stereocenters. The number of nitrogens with zero attached hydrogens (tertiary/aromatic N) is 4. The summed E-state index contributed by atoms with van der Waals surface area (Å²) in [5.41, 5.74) is 1.56. The van der Waals surface area contributed by atoms with Crippen molar-refractivity contribution < 1.29 is 4.42 Å². The van der Waals surface area contributed by atoms with E-state index < -0.39 is 0 Å². The molecule has 1 aliphatic rings. The third-order valence-electron chi connectivity index (χ3n) is 6.39. The molecule has 0 radical (unpaired) electrons. The van der Waals surface area contributed by atoms with Gasteiger partial charge >= 0.3 is 5.69 Å². The highest BCUT2D eigenvalue weighted by molar-refractivity contribution is 5.76. The normalized spacial score (nSPS) is 15.5. The molecule has 1 aliphatic heterocycles. The maximum absolute atomic E-state index is 11.9. The molecule has 32 heavy (non-hydrogen) atoms. The number of H-pyrrole nitrogens is 1. The lowest BCUT2D eigenvalue weighted by atomic mass is 9.93. The number of imidazole rings is 1. The molecule has 0 unspecified atom stereocenters. The van der Waals surface area contributed by atoms with Gasteiger partial charge in [-0.1, -0.05) is 12.1 Å². The standard InChI is InChI=1S/C24H27N5O3/c30-23-7-10-25-24(31)28(23)14-13-27-11-8-18(9-12-27)16-22-26-20-5-1-2-6-21(20)29(22)17-19-4-3-15-32-19/h1-7,10,15,18H,8-9,11-14,16-17H2,(H,25,31). The number of fused-ring (bicyclic) bond motifs is 1. The van der Waals surface area contributed by atoms with Crippen molar-refractivity contribution in [2.24, 2.45) is 5.92 Å². The molecule has 1 aromatic carbocycles. The van der Waals surface area contributed by atoms with Gasteiger partial charge in [-0.15, -0.1) is 0 Å². The molecule has 8 heteroatoms. The third kappa shape index (κ3) is 4.31. The topological polar surface area (TPSA) is 89.1 Å². The number of aromatic nitrogens is 4.